The molecular weight excluding hydrogens is 255 g/mol. The number of rotatable bonds is 5. The maximum absolute atomic E-state index is 12.1. The molecule has 102 valence electrons. The minimum absolute atomic E-state index is 0.130. The lowest BCUT2D eigenvalue weighted by Crippen LogP contribution is -2.35. The minimum Gasteiger partial charge on any atom is -0.481 e. The summed E-state index contributed by atoms with van der Waals surface area (Å²) in [7, 11) is 2.69. The molecule has 0 aromatic carbocycles. The van der Waals surface area contributed by atoms with Crippen LogP contribution in [0, 0.1) is 0 Å². The lowest BCUT2D eigenvalue weighted by molar-refractivity contribution is -0.198. The molecular formula is C9H12F3N3O3. The fourth-order valence-corrected chi connectivity index (χ4v) is 0.996. The van der Waals surface area contributed by atoms with Gasteiger partial charge < -0.3 is 19.9 Å². The van der Waals surface area contributed by atoms with Crippen LogP contribution in [-0.2, 0) is 0 Å². The van der Waals surface area contributed by atoms with Gasteiger partial charge in [-0.3, -0.25) is 0 Å². The molecule has 0 amide bonds. The molecule has 1 unspecified atom stereocenters. The highest BCUT2D eigenvalue weighted by atomic mass is 19.4. The van der Waals surface area contributed by atoms with Gasteiger partial charge in [-0.05, 0) is 0 Å². The zero-order valence-electron chi connectivity index (χ0n) is 9.65. The lowest BCUT2D eigenvalue weighted by atomic mass is 10.3. The summed E-state index contributed by atoms with van der Waals surface area (Å²) in [5.41, 5.74) is 0. The van der Waals surface area contributed by atoms with Crippen molar-refractivity contribution >= 4 is 5.95 Å². The number of nitrogens with zero attached hydrogens (tertiary/aromatic N) is 2. The van der Waals surface area contributed by atoms with Gasteiger partial charge in [0.25, 0.3) is 0 Å². The first-order valence-electron chi connectivity index (χ1n) is 4.82. The lowest BCUT2D eigenvalue weighted by Gasteiger charge is -2.15. The second-order valence-electron chi connectivity index (χ2n) is 3.21. The Morgan fingerprint density at radius 3 is 2.17 bits per heavy atom. The van der Waals surface area contributed by atoms with Crippen LogP contribution in [0.3, 0.4) is 0 Å². The first-order chi connectivity index (χ1) is 8.36. The molecule has 9 heteroatoms. The van der Waals surface area contributed by atoms with Crippen LogP contribution >= 0.6 is 0 Å². The monoisotopic (exact) mass is 267 g/mol. The number of nitrogens with one attached hydrogen (secondary N) is 1. The molecule has 1 aromatic rings. The third-order valence-electron chi connectivity index (χ3n) is 1.93. The van der Waals surface area contributed by atoms with Crippen molar-refractivity contribution in [1.82, 2.24) is 9.97 Å². The van der Waals surface area contributed by atoms with Gasteiger partial charge in [0.1, 0.15) is 0 Å². The molecule has 0 aliphatic rings. The summed E-state index contributed by atoms with van der Waals surface area (Å²) < 4.78 is 45.8. The molecule has 1 aromatic heterocycles. The van der Waals surface area contributed by atoms with E-state index in [9.17, 15) is 13.2 Å². The molecule has 0 aliphatic heterocycles. The quantitative estimate of drug-likeness (QED) is 0.823. The number of aliphatic hydroxyl groups excluding tert-OH is 1. The van der Waals surface area contributed by atoms with E-state index >= 15 is 0 Å². The van der Waals surface area contributed by atoms with E-state index in [0.29, 0.717) is 0 Å². The maximum Gasteiger partial charge on any atom is 0.416 e. The summed E-state index contributed by atoms with van der Waals surface area (Å²) in [6, 6.07) is 1.37. The van der Waals surface area contributed by atoms with E-state index in [1.807, 2.05) is 0 Å². The van der Waals surface area contributed by atoms with Crippen LogP contribution in [0.4, 0.5) is 19.1 Å². The molecule has 1 rings (SSSR count). The molecule has 2 N–H and O–H groups in total. The van der Waals surface area contributed by atoms with Crippen molar-refractivity contribution in [2.75, 3.05) is 26.1 Å². The van der Waals surface area contributed by atoms with Crippen LogP contribution in [0.25, 0.3) is 0 Å². The average Bonchev–Trinajstić information content (AvgIpc) is 2.34. The largest absolute Gasteiger partial charge is 0.481 e. The van der Waals surface area contributed by atoms with Gasteiger partial charge in [0.05, 0.1) is 26.8 Å². The van der Waals surface area contributed by atoms with Gasteiger partial charge in [-0.2, -0.15) is 23.1 Å². The van der Waals surface area contributed by atoms with Gasteiger partial charge in [0.15, 0.2) is 6.10 Å². The summed E-state index contributed by atoms with van der Waals surface area (Å²) in [5, 5.41) is 11.0. The van der Waals surface area contributed by atoms with E-state index in [4.69, 9.17) is 14.6 Å². The summed E-state index contributed by atoms with van der Waals surface area (Å²) >= 11 is 0. The number of methoxy groups -OCH3 is 2. The number of aromatic nitrogens is 2. The Morgan fingerprint density at radius 2 is 1.78 bits per heavy atom. The second kappa shape index (κ2) is 5.71. The van der Waals surface area contributed by atoms with E-state index in [2.05, 4.69) is 15.3 Å². The Morgan fingerprint density at radius 1 is 1.28 bits per heavy atom. The Bertz CT molecular complexity index is 378. The predicted octanol–water partition coefficient (Wildman–Crippen LogP) is 0.829. The number of hydrogen-bond donors (Lipinski definition) is 2. The predicted molar refractivity (Wildman–Crippen MR) is 55.7 cm³/mol. The molecule has 0 saturated carbocycles. The number of halogens is 3. The van der Waals surface area contributed by atoms with Crippen LogP contribution in [0.2, 0.25) is 0 Å². The van der Waals surface area contributed by atoms with Crippen molar-refractivity contribution in [3.05, 3.63) is 6.07 Å². The highest BCUT2D eigenvalue weighted by Gasteiger charge is 2.38. The molecule has 0 radical (unpaired) electrons. The van der Waals surface area contributed by atoms with Crippen LogP contribution in [0.5, 0.6) is 11.8 Å². The molecule has 0 saturated heterocycles. The molecule has 0 aliphatic carbocycles. The van der Waals surface area contributed by atoms with Crippen LogP contribution < -0.4 is 14.8 Å². The molecule has 1 atom stereocenters. The summed E-state index contributed by atoms with van der Waals surface area (Å²) in [6.07, 6.45) is -7.20. The third-order valence-corrected chi connectivity index (χ3v) is 1.93. The van der Waals surface area contributed by atoms with E-state index in [1.54, 1.807) is 0 Å². The van der Waals surface area contributed by atoms with Gasteiger partial charge in [0.2, 0.25) is 17.7 Å². The number of alkyl halides is 3. The van der Waals surface area contributed by atoms with Crippen molar-refractivity contribution in [1.29, 1.82) is 0 Å². The number of ether oxygens (including phenoxy) is 2. The molecule has 1 heterocycles. The molecule has 0 spiro atoms. The zero-order chi connectivity index (χ0) is 13.8. The summed E-state index contributed by atoms with van der Waals surface area (Å²) in [5.74, 6) is 0.131. The van der Waals surface area contributed by atoms with Gasteiger partial charge in [0, 0.05) is 0 Å². The first-order valence-corrected chi connectivity index (χ1v) is 4.82. The maximum atomic E-state index is 12.1. The number of anilines is 1. The van der Waals surface area contributed by atoms with Crippen molar-refractivity contribution in [2.45, 2.75) is 12.3 Å². The van der Waals surface area contributed by atoms with Gasteiger partial charge >= 0.3 is 6.18 Å². The molecule has 0 bridgehead atoms. The van der Waals surface area contributed by atoms with E-state index in [0.717, 1.165) is 0 Å². The topological polar surface area (TPSA) is 76.5 Å². The molecule has 6 nitrogen and oxygen atoms in total. The second-order valence-corrected chi connectivity index (χ2v) is 3.21. The van der Waals surface area contributed by atoms with Crippen molar-refractivity contribution in [2.24, 2.45) is 0 Å². The first kappa shape index (κ1) is 14.3. The normalized spacial score (nSPS) is 13.0. The van der Waals surface area contributed by atoms with Crippen molar-refractivity contribution in [3.8, 4) is 11.8 Å². The highest BCUT2D eigenvalue weighted by Crippen LogP contribution is 2.21. The number of hydrogen-bond acceptors (Lipinski definition) is 6. The van der Waals surface area contributed by atoms with Crippen LogP contribution in [-0.4, -0.2) is 48.1 Å². The fourth-order valence-electron chi connectivity index (χ4n) is 0.996. The Labute approximate surface area is 101 Å². The third kappa shape index (κ3) is 3.91. The van der Waals surface area contributed by atoms with Gasteiger partial charge in [-0.15, -0.1) is 0 Å². The van der Waals surface area contributed by atoms with Crippen molar-refractivity contribution < 1.29 is 27.8 Å². The molecule has 18 heavy (non-hydrogen) atoms. The standard InChI is InChI=1S/C9H12F3N3O3/c1-17-6-3-7(18-2)15-8(14-6)13-4-5(16)9(10,11)12/h3,5,16H,4H2,1-2H3,(H,13,14,15). The van der Waals surface area contributed by atoms with E-state index in [-0.39, 0.29) is 17.7 Å². The van der Waals surface area contributed by atoms with Crippen LogP contribution in [0.1, 0.15) is 0 Å². The van der Waals surface area contributed by atoms with Crippen molar-refractivity contribution in [3.63, 3.8) is 0 Å². The smallest absolute Gasteiger partial charge is 0.416 e. The summed E-state index contributed by atoms with van der Waals surface area (Å²) in [4.78, 5) is 7.50. The highest BCUT2D eigenvalue weighted by molar-refractivity contribution is 5.33. The van der Waals surface area contributed by atoms with E-state index in [1.165, 1.54) is 20.3 Å². The zero-order valence-corrected chi connectivity index (χ0v) is 9.65. The van der Waals surface area contributed by atoms with Gasteiger partial charge in [-0.1, -0.05) is 0 Å². The van der Waals surface area contributed by atoms with Crippen LogP contribution in [0.15, 0.2) is 6.07 Å². The minimum atomic E-state index is -4.70. The van der Waals surface area contributed by atoms with E-state index < -0.39 is 18.8 Å². The average molecular weight is 267 g/mol. The summed E-state index contributed by atoms with van der Waals surface area (Å²) in [6.45, 7) is -0.764. The Balaban J connectivity index is 2.72. The van der Waals surface area contributed by atoms with Gasteiger partial charge in [-0.25, -0.2) is 0 Å². The SMILES string of the molecule is COc1cc(OC)nc(NCC(O)C(F)(F)F)n1. The Hall–Kier alpha value is -1.77. The Kier molecular flexibility index (Phi) is 4.54. The molecule has 0 fully saturated rings. The number of aliphatic hydroxyl groups is 1. The fraction of sp³-hybridized carbons (Fsp3) is 0.556.